The molecule has 0 aliphatic rings. The van der Waals surface area contributed by atoms with Gasteiger partial charge in [0.05, 0.1) is 22.5 Å². The minimum absolute atomic E-state index is 0.289. The van der Waals surface area contributed by atoms with Gasteiger partial charge < -0.3 is 10.4 Å². The van der Waals surface area contributed by atoms with Gasteiger partial charge in [0.25, 0.3) is 0 Å². The highest BCUT2D eigenvalue weighted by Gasteiger charge is 2.28. The Kier molecular flexibility index (Phi) is 6.26. The topological polar surface area (TPSA) is 60.9 Å². The van der Waals surface area contributed by atoms with E-state index in [1.54, 1.807) is 12.1 Å². The van der Waals surface area contributed by atoms with Crippen molar-refractivity contribution < 1.29 is 9.50 Å². The van der Waals surface area contributed by atoms with Gasteiger partial charge in [-0.2, -0.15) is 5.10 Å². The summed E-state index contributed by atoms with van der Waals surface area (Å²) in [4.78, 5) is 0. The van der Waals surface area contributed by atoms with Crippen molar-refractivity contribution in [1.82, 2.24) is 10.2 Å². The molecule has 0 spiro atoms. The molecule has 0 aliphatic heterocycles. The molecule has 0 amide bonds. The van der Waals surface area contributed by atoms with Crippen LogP contribution in [0.1, 0.15) is 56.7 Å². The van der Waals surface area contributed by atoms with Gasteiger partial charge in [0, 0.05) is 23.4 Å². The van der Waals surface area contributed by atoms with Gasteiger partial charge in [0.1, 0.15) is 5.82 Å². The Morgan fingerprint density at radius 3 is 2.64 bits per heavy atom. The zero-order valence-corrected chi connectivity index (χ0v) is 17.3. The molecular formula is C22H27ClFN3O. The lowest BCUT2D eigenvalue weighted by Crippen LogP contribution is -2.27. The molecule has 0 aliphatic carbocycles. The van der Waals surface area contributed by atoms with Crippen LogP contribution in [0, 0.1) is 5.82 Å². The third-order valence-electron chi connectivity index (χ3n) is 5.78. The maximum atomic E-state index is 14.8. The Morgan fingerprint density at radius 2 is 2.00 bits per heavy atom. The molecule has 6 heteroatoms. The predicted octanol–water partition coefficient (Wildman–Crippen LogP) is 5.86. The molecule has 1 atom stereocenters. The minimum atomic E-state index is -0.761. The van der Waals surface area contributed by atoms with E-state index in [-0.39, 0.29) is 11.7 Å². The number of para-hydroxylation sites is 1. The maximum absolute atomic E-state index is 14.8. The van der Waals surface area contributed by atoms with Crippen molar-refractivity contribution in [3.05, 3.63) is 58.5 Å². The fourth-order valence-corrected chi connectivity index (χ4v) is 3.94. The number of aliphatic hydroxyl groups is 1. The van der Waals surface area contributed by atoms with Crippen LogP contribution in [0.25, 0.3) is 10.9 Å². The zero-order valence-electron chi connectivity index (χ0n) is 16.5. The molecule has 150 valence electrons. The number of aromatic amines is 1. The van der Waals surface area contributed by atoms with Crippen LogP contribution in [-0.2, 0) is 0 Å². The van der Waals surface area contributed by atoms with Crippen LogP contribution in [0.5, 0.6) is 0 Å². The average molecular weight is 404 g/mol. The van der Waals surface area contributed by atoms with E-state index in [1.165, 1.54) is 6.07 Å². The first-order valence-corrected chi connectivity index (χ1v) is 10.1. The molecule has 28 heavy (non-hydrogen) atoms. The van der Waals surface area contributed by atoms with Crippen LogP contribution >= 0.6 is 11.6 Å². The van der Waals surface area contributed by atoms with Crippen LogP contribution in [0.15, 0.2) is 36.4 Å². The quantitative estimate of drug-likeness (QED) is 0.441. The van der Waals surface area contributed by atoms with Crippen LogP contribution in [-0.4, -0.2) is 28.0 Å². The van der Waals surface area contributed by atoms with E-state index in [0.717, 1.165) is 22.3 Å². The molecule has 1 heterocycles. The fourth-order valence-electron chi connectivity index (χ4n) is 3.78. The molecule has 1 unspecified atom stereocenters. The number of nitrogens with one attached hydrogen (secondary N) is 2. The summed E-state index contributed by atoms with van der Waals surface area (Å²) >= 11 is 5.97. The summed E-state index contributed by atoms with van der Waals surface area (Å²) in [5.74, 6) is -0.641. The summed E-state index contributed by atoms with van der Waals surface area (Å²) in [7, 11) is 1.86. The Labute approximate surface area is 170 Å². The van der Waals surface area contributed by atoms with Crippen molar-refractivity contribution in [2.45, 2.75) is 51.0 Å². The molecule has 0 fully saturated rings. The number of anilines is 1. The second-order valence-corrected chi connectivity index (χ2v) is 7.71. The number of hydrogen-bond donors (Lipinski definition) is 3. The lowest BCUT2D eigenvalue weighted by atomic mass is 9.83. The van der Waals surface area contributed by atoms with E-state index < -0.39 is 5.60 Å². The number of nitrogens with zero attached hydrogens (tertiary/aromatic N) is 1. The van der Waals surface area contributed by atoms with E-state index >= 15 is 0 Å². The summed E-state index contributed by atoms with van der Waals surface area (Å²) < 4.78 is 14.8. The number of benzene rings is 2. The minimum Gasteiger partial charge on any atom is -0.390 e. The Morgan fingerprint density at radius 1 is 1.25 bits per heavy atom. The number of fused-ring (bicyclic) bond motifs is 1. The summed E-state index contributed by atoms with van der Waals surface area (Å²) in [6.07, 6.45) is 2.46. The lowest BCUT2D eigenvalue weighted by Gasteiger charge is -2.27. The van der Waals surface area contributed by atoms with Crippen molar-refractivity contribution in [3.8, 4) is 0 Å². The van der Waals surface area contributed by atoms with Gasteiger partial charge in [0.2, 0.25) is 0 Å². The second-order valence-electron chi connectivity index (χ2n) is 7.28. The molecule has 3 rings (SSSR count). The molecule has 3 N–H and O–H groups in total. The summed E-state index contributed by atoms with van der Waals surface area (Å²) in [5.41, 5.74) is 2.39. The number of aromatic nitrogens is 2. The van der Waals surface area contributed by atoms with Crippen molar-refractivity contribution in [1.29, 1.82) is 0 Å². The van der Waals surface area contributed by atoms with Crippen LogP contribution in [0.2, 0.25) is 5.02 Å². The molecular weight excluding hydrogens is 377 g/mol. The van der Waals surface area contributed by atoms with Gasteiger partial charge in [-0.05, 0) is 49.4 Å². The Balaban J connectivity index is 2.08. The number of rotatable bonds is 8. The Hall–Kier alpha value is -2.11. The number of H-pyrrole nitrogens is 1. The molecule has 2 aromatic carbocycles. The predicted molar refractivity (Wildman–Crippen MR) is 114 cm³/mol. The summed E-state index contributed by atoms with van der Waals surface area (Å²) in [5, 5.41) is 22.9. The third kappa shape index (κ3) is 4.01. The molecule has 3 aromatic rings. The van der Waals surface area contributed by atoms with Gasteiger partial charge in [-0.25, -0.2) is 4.39 Å². The molecule has 4 nitrogen and oxygen atoms in total. The van der Waals surface area contributed by atoms with Crippen molar-refractivity contribution >= 4 is 28.2 Å². The van der Waals surface area contributed by atoms with Gasteiger partial charge in [-0.3, -0.25) is 5.10 Å². The largest absolute Gasteiger partial charge is 0.390 e. The SMILES string of the molecule is CCC(O)(CC)CCC(c1ccc(Cl)cc1F)c1n[nH]c2c(NC)cccc12. The van der Waals surface area contributed by atoms with Gasteiger partial charge in [-0.1, -0.05) is 43.6 Å². The number of hydrogen-bond acceptors (Lipinski definition) is 3. The summed E-state index contributed by atoms with van der Waals surface area (Å²) in [6.45, 7) is 3.95. The van der Waals surface area contributed by atoms with E-state index in [4.69, 9.17) is 11.6 Å². The van der Waals surface area contributed by atoms with Crippen molar-refractivity contribution in [2.75, 3.05) is 12.4 Å². The van der Waals surface area contributed by atoms with Crippen molar-refractivity contribution in [2.24, 2.45) is 0 Å². The zero-order chi connectivity index (χ0) is 20.3. The van der Waals surface area contributed by atoms with Crippen LogP contribution < -0.4 is 5.32 Å². The van der Waals surface area contributed by atoms with E-state index in [9.17, 15) is 9.50 Å². The number of halogens is 2. The molecule has 0 radical (unpaired) electrons. The molecule has 1 aromatic heterocycles. The van der Waals surface area contributed by atoms with E-state index in [0.29, 0.717) is 36.3 Å². The van der Waals surface area contributed by atoms with Gasteiger partial charge in [-0.15, -0.1) is 0 Å². The fraction of sp³-hybridized carbons (Fsp3) is 0.409. The highest BCUT2D eigenvalue weighted by atomic mass is 35.5. The first-order chi connectivity index (χ1) is 13.4. The highest BCUT2D eigenvalue weighted by Crippen LogP contribution is 2.38. The van der Waals surface area contributed by atoms with E-state index in [1.807, 2.05) is 39.1 Å². The second kappa shape index (κ2) is 8.50. The molecule has 0 saturated heterocycles. The third-order valence-corrected chi connectivity index (χ3v) is 6.02. The maximum Gasteiger partial charge on any atom is 0.128 e. The Bertz CT molecular complexity index is 952. The van der Waals surface area contributed by atoms with Crippen LogP contribution in [0.3, 0.4) is 0 Å². The van der Waals surface area contributed by atoms with Crippen molar-refractivity contribution in [3.63, 3.8) is 0 Å². The normalized spacial score (nSPS) is 13.1. The molecule has 0 saturated carbocycles. The van der Waals surface area contributed by atoms with Crippen LogP contribution in [0.4, 0.5) is 10.1 Å². The summed E-state index contributed by atoms with van der Waals surface area (Å²) in [6, 6.07) is 10.7. The standard InChI is InChI=1S/C22H27ClFN3O/c1-4-22(28,5-2)12-11-16(15-10-9-14(23)13-18(15)24)20-17-7-6-8-19(25-3)21(17)27-26-20/h6-10,13,16,25,28H,4-5,11-12H2,1-3H3,(H,26,27). The van der Waals surface area contributed by atoms with E-state index in [2.05, 4.69) is 15.5 Å². The molecule has 0 bridgehead atoms. The first kappa shape index (κ1) is 20.6. The van der Waals surface area contributed by atoms with Gasteiger partial charge >= 0.3 is 0 Å². The lowest BCUT2D eigenvalue weighted by molar-refractivity contribution is 0.0206. The smallest absolute Gasteiger partial charge is 0.128 e. The van der Waals surface area contributed by atoms with Gasteiger partial charge in [0.15, 0.2) is 0 Å². The average Bonchev–Trinajstić information content (AvgIpc) is 3.13. The monoisotopic (exact) mass is 403 g/mol. The highest BCUT2D eigenvalue weighted by molar-refractivity contribution is 6.30. The first-order valence-electron chi connectivity index (χ1n) is 9.74.